The third kappa shape index (κ3) is 2.77. The van der Waals surface area contributed by atoms with Gasteiger partial charge in [0.2, 0.25) is 0 Å². The highest BCUT2D eigenvalue weighted by Gasteiger charge is 2.43. The van der Waals surface area contributed by atoms with E-state index in [4.69, 9.17) is 5.73 Å². The molecule has 0 amide bonds. The first-order valence-corrected chi connectivity index (χ1v) is 8.13. The molecule has 0 bridgehead atoms. The van der Waals surface area contributed by atoms with Crippen molar-refractivity contribution in [2.45, 2.75) is 38.1 Å². The molecule has 1 unspecified atom stereocenters. The molecule has 0 aromatic heterocycles. The van der Waals surface area contributed by atoms with Crippen molar-refractivity contribution in [3.63, 3.8) is 0 Å². The molecule has 0 aliphatic carbocycles. The highest BCUT2D eigenvalue weighted by Crippen LogP contribution is 2.36. The van der Waals surface area contributed by atoms with Gasteiger partial charge in [-0.25, -0.2) is 0 Å². The predicted octanol–water partition coefficient (Wildman–Crippen LogP) is 2.46. The van der Waals surface area contributed by atoms with Gasteiger partial charge in [-0.3, -0.25) is 4.99 Å². The van der Waals surface area contributed by atoms with E-state index in [1.807, 2.05) is 0 Å². The Balaban J connectivity index is 1.83. The minimum Gasteiger partial charge on any atom is -0.369 e. The van der Waals surface area contributed by atoms with E-state index in [-0.39, 0.29) is 5.54 Å². The van der Waals surface area contributed by atoms with Crippen LogP contribution >= 0.6 is 0 Å². The molecule has 4 nitrogen and oxygen atoms in total. The van der Waals surface area contributed by atoms with Crippen LogP contribution in [0.4, 0.5) is 5.69 Å². The third-order valence-electron chi connectivity index (χ3n) is 4.80. The zero-order valence-electron chi connectivity index (χ0n) is 13.0. The number of rotatable bonds is 3. The largest absolute Gasteiger partial charge is 0.369 e. The van der Waals surface area contributed by atoms with E-state index in [9.17, 15) is 0 Å². The van der Waals surface area contributed by atoms with E-state index in [0.29, 0.717) is 5.96 Å². The van der Waals surface area contributed by atoms with Gasteiger partial charge in [0.1, 0.15) is 0 Å². The summed E-state index contributed by atoms with van der Waals surface area (Å²) in [6.45, 7) is 6.66. The van der Waals surface area contributed by atoms with Crippen molar-refractivity contribution in [1.29, 1.82) is 0 Å². The average molecular weight is 286 g/mol. The Labute approximate surface area is 127 Å². The summed E-state index contributed by atoms with van der Waals surface area (Å²) in [5.41, 5.74) is 7.50. The molecule has 2 aliphatic rings. The summed E-state index contributed by atoms with van der Waals surface area (Å²) in [5, 5.41) is 0. The second-order valence-corrected chi connectivity index (χ2v) is 6.26. The average Bonchev–Trinajstić information content (AvgIpc) is 2.68. The number of guanidine groups is 1. The topological polar surface area (TPSA) is 44.9 Å². The summed E-state index contributed by atoms with van der Waals surface area (Å²) in [5.74, 6) is 0.685. The molecule has 2 N–H and O–H groups in total. The molecule has 1 fully saturated rings. The number of anilines is 1. The summed E-state index contributed by atoms with van der Waals surface area (Å²) >= 11 is 0. The van der Waals surface area contributed by atoms with Crippen LogP contribution in [0.2, 0.25) is 0 Å². The van der Waals surface area contributed by atoms with Crippen molar-refractivity contribution < 1.29 is 0 Å². The molecule has 4 heteroatoms. The number of para-hydroxylation sites is 1. The van der Waals surface area contributed by atoms with Gasteiger partial charge in [-0.2, -0.15) is 0 Å². The summed E-state index contributed by atoms with van der Waals surface area (Å²) in [6.07, 6.45) is 4.78. The Kier molecular flexibility index (Phi) is 4.15. The zero-order valence-corrected chi connectivity index (χ0v) is 13.0. The summed E-state index contributed by atoms with van der Waals surface area (Å²) < 4.78 is 0. The van der Waals surface area contributed by atoms with Crippen molar-refractivity contribution in [2.75, 3.05) is 31.1 Å². The van der Waals surface area contributed by atoms with Crippen LogP contribution in [0.15, 0.2) is 35.3 Å². The maximum absolute atomic E-state index is 6.22. The molecule has 0 saturated carbocycles. The normalized spacial score (nSPS) is 26.9. The highest BCUT2D eigenvalue weighted by atomic mass is 15.4. The van der Waals surface area contributed by atoms with E-state index in [0.717, 1.165) is 19.5 Å². The maximum atomic E-state index is 6.22. The number of aliphatic imine (C=N–C) groups is 1. The first-order valence-electron chi connectivity index (χ1n) is 8.13. The molecule has 1 aromatic rings. The van der Waals surface area contributed by atoms with Crippen molar-refractivity contribution in [1.82, 2.24) is 4.90 Å². The first-order chi connectivity index (χ1) is 10.2. The van der Waals surface area contributed by atoms with Gasteiger partial charge < -0.3 is 15.5 Å². The molecule has 1 aromatic carbocycles. The predicted molar refractivity (Wildman–Crippen MR) is 88.7 cm³/mol. The fourth-order valence-corrected chi connectivity index (χ4v) is 3.75. The molecule has 3 rings (SSSR count). The Morgan fingerprint density at radius 1 is 1.19 bits per heavy atom. The van der Waals surface area contributed by atoms with E-state index < -0.39 is 0 Å². The monoisotopic (exact) mass is 286 g/mol. The van der Waals surface area contributed by atoms with Crippen molar-refractivity contribution in [2.24, 2.45) is 10.7 Å². The molecule has 114 valence electrons. The van der Waals surface area contributed by atoms with Gasteiger partial charge in [0.05, 0.1) is 12.1 Å². The Morgan fingerprint density at radius 3 is 2.76 bits per heavy atom. The second-order valence-electron chi connectivity index (χ2n) is 6.26. The van der Waals surface area contributed by atoms with E-state index in [2.05, 4.69) is 52.0 Å². The number of nitrogens with zero attached hydrogens (tertiary/aromatic N) is 3. The lowest BCUT2D eigenvalue weighted by Crippen LogP contribution is -2.52. The molecule has 2 heterocycles. The lowest BCUT2D eigenvalue weighted by atomic mass is 9.89. The number of hydrogen-bond donors (Lipinski definition) is 1. The van der Waals surface area contributed by atoms with Crippen LogP contribution in [0.1, 0.15) is 32.6 Å². The number of benzene rings is 1. The van der Waals surface area contributed by atoms with Gasteiger partial charge in [-0.15, -0.1) is 0 Å². The smallest absolute Gasteiger partial charge is 0.196 e. The zero-order chi connectivity index (χ0) is 14.7. The number of hydrogen-bond acceptors (Lipinski definition) is 4. The van der Waals surface area contributed by atoms with E-state index in [1.54, 1.807) is 0 Å². The highest BCUT2D eigenvalue weighted by molar-refractivity contribution is 5.98. The van der Waals surface area contributed by atoms with Crippen molar-refractivity contribution >= 4 is 11.6 Å². The van der Waals surface area contributed by atoms with Crippen LogP contribution in [-0.2, 0) is 0 Å². The fourth-order valence-electron chi connectivity index (χ4n) is 3.75. The summed E-state index contributed by atoms with van der Waals surface area (Å²) in [6, 6.07) is 10.5. The Hall–Kier alpha value is -1.55. The minimum atomic E-state index is 0.0912. The SMILES string of the molecule is CCCN1CCCC2(CC1)CN=C(N)N2c1ccccc1. The molecule has 2 aliphatic heterocycles. The lowest BCUT2D eigenvalue weighted by molar-refractivity contribution is 0.278. The van der Waals surface area contributed by atoms with Gasteiger partial charge in [-0.05, 0) is 50.9 Å². The van der Waals surface area contributed by atoms with Crippen LogP contribution in [0.5, 0.6) is 0 Å². The minimum absolute atomic E-state index is 0.0912. The number of nitrogens with two attached hydrogens (primary N) is 1. The van der Waals surface area contributed by atoms with Crippen molar-refractivity contribution in [3.05, 3.63) is 30.3 Å². The Bertz CT molecular complexity index is 499. The van der Waals surface area contributed by atoms with Gasteiger partial charge in [-0.1, -0.05) is 25.1 Å². The molecule has 1 spiro atoms. The Morgan fingerprint density at radius 2 is 2.00 bits per heavy atom. The van der Waals surface area contributed by atoms with Crippen LogP contribution in [0.3, 0.4) is 0 Å². The van der Waals surface area contributed by atoms with Gasteiger partial charge >= 0.3 is 0 Å². The maximum Gasteiger partial charge on any atom is 0.196 e. The second kappa shape index (κ2) is 6.06. The van der Waals surface area contributed by atoms with Crippen LogP contribution < -0.4 is 10.6 Å². The van der Waals surface area contributed by atoms with Crippen molar-refractivity contribution in [3.8, 4) is 0 Å². The quantitative estimate of drug-likeness (QED) is 0.928. The summed E-state index contributed by atoms with van der Waals surface area (Å²) in [4.78, 5) is 9.47. The van der Waals surface area contributed by atoms with E-state index >= 15 is 0 Å². The molecular formula is C17H26N4. The van der Waals surface area contributed by atoms with E-state index in [1.165, 1.54) is 38.0 Å². The molecule has 1 atom stereocenters. The van der Waals surface area contributed by atoms with Crippen LogP contribution in [0.25, 0.3) is 0 Å². The standard InChI is InChI=1S/C17H26N4/c1-2-11-20-12-6-9-17(10-13-20)14-19-16(18)21(17)15-7-4-3-5-8-15/h3-5,7-8H,2,6,9-14H2,1H3,(H2,18,19). The van der Waals surface area contributed by atoms with Gasteiger partial charge in [0.15, 0.2) is 5.96 Å². The van der Waals surface area contributed by atoms with Crippen LogP contribution in [0, 0.1) is 0 Å². The molecule has 0 radical (unpaired) electrons. The van der Waals surface area contributed by atoms with Crippen LogP contribution in [-0.4, -0.2) is 42.6 Å². The lowest BCUT2D eigenvalue weighted by Gasteiger charge is -2.38. The van der Waals surface area contributed by atoms with Gasteiger partial charge in [0, 0.05) is 12.2 Å². The third-order valence-corrected chi connectivity index (χ3v) is 4.80. The molecule has 21 heavy (non-hydrogen) atoms. The first kappa shape index (κ1) is 14.4. The van der Waals surface area contributed by atoms with Gasteiger partial charge in [0.25, 0.3) is 0 Å². The number of likely N-dealkylation sites (tertiary alicyclic amines) is 1. The molecule has 1 saturated heterocycles. The fraction of sp³-hybridized carbons (Fsp3) is 0.588. The molecular weight excluding hydrogens is 260 g/mol. The summed E-state index contributed by atoms with van der Waals surface area (Å²) in [7, 11) is 0.